The number of hydrogen-bond donors (Lipinski definition) is 1. The van der Waals surface area contributed by atoms with Gasteiger partial charge < -0.3 is 5.11 Å². The van der Waals surface area contributed by atoms with Crippen LogP contribution in [0.4, 0.5) is 0 Å². The molecule has 1 aliphatic carbocycles. The number of rotatable bonds is 1. The standard InChI is InChI=1S/C8H6O2.Rf/c9-8(10)7-5-3-1-2-4-6-7;/h1,3-6H,(H,9,10);. The van der Waals surface area contributed by atoms with Gasteiger partial charge in [-0.2, -0.15) is 0 Å². The first kappa shape index (κ1) is 8.47. The number of carboxylic acids is 1. The summed E-state index contributed by atoms with van der Waals surface area (Å²) in [6.45, 7) is 0. The van der Waals surface area contributed by atoms with Crippen LogP contribution in [0.25, 0.3) is 0 Å². The molecule has 0 atom stereocenters. The van der Waals surface area contributed by atoms with E-state index in [1.54, 1.807) is 18.2 Å². The topological polar surface area (TPSA) is 37.3 Å². The van der Waals surface area contributed by atoms with E-state index in [1.165, 1.54) is 12.2 Å². The Labute approximate surface area is 58.5 Å². The molecule has 11 heavy (non-hydrogen) atoms. The Hall–Kier alpha value is -2.53. The van der Waals surface area contributed by atoms with Gasteiger partial charge in [-0.15, -0.1) is 5.73 Å². The third-order valence-electron chi connectivity index (χ3n) is 1.07. The minimum atomic E-state index is -0.912. The van der Waals surface area contributed by atoms with Gasteiger partial charge >= 0.3 is 5.97 Å². The molecule has 0 unspecified atom stereocenters. The van der Waals surface area contributed by atoms with Crippen molar-refractivity contribution in [2.75, 3.05) is 0 Å². The van der Waals surface area contributed by atoms with E-state index < -0.39 is 5.97 Å². The van der Waals surface area contributed by atoms with Gasteiger partial charge in [0.15, 0.2) is 0 Å². The zero-order chi connectivity index (χ0) is 7.40. The van der Waals surface area contributed by atoms with E-state index in [1.807, 2.05) is 0 Å². The summed E-state index contributed by atoms with van der Waals surface area (Å²) >= 11 is 0. The SMILES string of the molecule is O=C(O)C1=CC=C=CC=C1.[Rf]. The van der Waals surface area contributed by atoms with Crippen molar-refractivity contribution in [2.45, 2.75) is 0 Å². The number of aliphatic carboxylic acids is 1. The van der Waals surface area contributed by atoms with E-state index in [-0.39, 0.29) is 5.57 Å². The predicted octanol–water partition coefficient (Wildman–Crippen LogP) is 1.28. The second-order valence-corrected chi connectivity index (χ2v) is 1.79. The summed E-state index contributed by atoms with van der Waals surface area (Å²) in [7, 11) is 0. The van der Waals surface area contributed by atoms with Crippen LogP contribution in [-0.2, 0) is 4.79 Å². The number of carbonyl (C=O) groups is 1. The van der Waals surface area contributed by atoms with Crippen molar-refractivity contribution in [1.82, 2.24) is 0 Å². The monoisotopic (exact) mass is 401 g/mol. The maximum absolute atomic E-state index is 10.3. The summed E-state index contributed by atoms with van der Waals surface area (Å²) in [5, 5.41) is 8.48. The first-order chi connectivity index (χ1) is 4.80. The fourth-order valence-electron chi connectivity index (χ4n) is 0.599. The number of allylic oxidation sites excluding steroid dienone is 3. The molecule has 0 aliphatic heterocycles. The molecule has 0 radical (unpaired) electrons. The van der Waals surface area contributed by atoms with Crippen LogP contribution < -0.4 is 0 Å². The molecule has 1 rings (SSSR count). The molecular weight excluding hydrogens is 395 g/mol. The van der Waals surface area contributed by atoms with Crippen LogP contribution in [0, 0.1) is 0 Å². The molecule has 52 valence electrons. The normalized spacial score (nSPS) is 13.3. The largest absolute Gasteiger partial charge is 0.478 e. The molecule has 0 aromatic heterocycles. The van der Waals surface area contributed by atoms with Crippen molar-refractivity contribution in [3.8, 4) is 0 Å². The van der Waals surface area contributed by atoms with Crippen LogP contribution in [0.15, 0.2) is 41.7 Å². The van der Waals surface area contributed by atoms with E-state index in [4.69, 9.17) is 5.11 Å². The Balaban J connectivity index is 0.000001000. The number of hydrogen-bond acceptors (Lipinski definition) is 1. The van der Waals surface area contributed by atoms with Crippen molar-refractivity contribution in [2.24, 2.45) is 0 Å². The van der Waals surface area contributed by atoms with Gasteiger partial charge in [0, 0.05) is 0 Å². The van der Waals surface area contributed by atoms with Crippen LogP contribution in [-0.4, -0.2) is 11.1 Å². The molecule has 1 aliphatic rings. The first-order valence-electron chi connectivity index (χ1n) is 2.83. The Morgan fingerprint density at radius 1 is 1.45 bits per heavy atom. The third-order valence-corrected chi connectivity index (χ3v) is 1.07. The Morgan fingerprint density at radius 3 is 2.82 bits per heavy atom. The fourth-order valence-corrected chi connectivity index (χ4v) is 0.599. The van der Waals surface area contributed by atoms with Crippen LogP contribution in [0.5, 0.6) is 0 Å². The van der Waals surface area contributed by atoms with Gasteiger partial charge in [0.2, 0.25) is 0 Å². The van der Waals surface area contributed by atoms with E-state index >= 15 is 0 Å². The van der Waals surface area contributed by atoms with Gasteiger partial charge in [-0.1, -0.05) is 6.08 Å². The van der Waals surface area contributed by atoms with Gasteiger partial charge in [0.1, 0.15) is 0 Å². The van der Waals surface area contributed by atoms with Crippen LogP contribution in [0.1, 0.15) is 0 Å². The van der Waals surface area contributed by atoms with Crippen molar-refractivity contribution in [1.29, 1.82) is 0 Å². The maximum Gasteiger partial charge on any atom is 0.335 e. The van der Waals surface area contributed by atoms with Crippen molar-refractivity contribution in [3.05, 3.63) is 41.7 Å². The average Bonchev–Trinajstić information content (AvgIpc) is 2.12. The molecule has 2 nitrogen and oxygen atoms in total. The quantitative estimate of drug-likeness (QED) is 0.673. The van der Waals surface area contributed by atoms with E-state index in [0.717, 1.165) is 0 Å². The molecule has 0 heterocycles. The minimum Gasteiger partial charge on any atom is -0.478 e. The predicted molar refractivity (Wildman–Crippen MR) is 37.5 cm³/mol. The van der Waals surface area contributed by atoms with Gasteiger partial charge in [0.05, 0.1) is 5.57 Å². The minimum absolute atomic E-state index is 0. The molecule has 0 bridgehead atoms. The second kappa shape index (κ2) is 3.49. The van der Waals surface area contributed by atoms with Crippen molar-refractivity contribution < 1.29 is 9.90 Å². The van der Waals surface area contributed by atoms with E-state index in [0.29, 0.717) is 0 Å². The first-order valence-corrected chi connectivity index (χ1v) is 2.83. The van der Waals surface area contributed by atoms with Gasteiger partial charge in [0.25, 0.3) is 0 Å². The average molecular weight is 401 g/mol. The molecule has 1 N–H and O–H groups in total. The van der Waals surface area contributed by atoms with E-state index in [9.17, 15) is 4.79 Å². The molecule has 0 fully saturated rings. The van der Waals surface area contributed by atoms with Gasteiger partial charge in [-0.05, 0) is 24.3 Å². The Bertz CT molecular complexity index is 268. The zero-order valence-electron chi connectivity index (χ0n) is 5.95. The zero-order valence-corrected chi connectivity index (χ0v) is 12.3. The molecule has 0 spiro atoms. The molecule has 3 heteroatoms. The second-order valence-electron chi connectivity index (χ2n) is 1.79. The molecule has 0 amide bonds. The smallest absolute Gasteiger partial charge is 0.335 e. The summed E-state index contributed by atoms with van der Waals surface area (Å²) in [4.78, 5) is 10.3. The molecule has 0 aromatic rings. The van der Waals surface area contributed by atoms with E-state index in [2.05, 4.69) is 5.73 Å². The molecule has 0 saturated heterocycles. The van der Waals surface area contributed by atoms with Crippen LogP contribution >= 0.6 is 0 Å². The molecular formula is C8H6O2Rf. The third kappa shape index (κ3) is 2.04. The van der Waals surface area contributed by atoms with Crippen LogP contribution in [0.3, 0.4) is 0 Å². The summed E-state index contributed by atoms with van der Waals surface area (Å²) in [5.74, 6) is -0.912. The Morgan fingerprint density at radius 2 is 2.18 bits per heavy atom. The molecule has 0 aromatic carbocycles. The summed E-state index contributed by atoms with van der Waals surface area (Å²) in [6, 6.07) is 0. The van der Waals surface area contributed by atoms with Gasteiger partial charge in [-0.25, -0.2) is 4.79 Å². The number of carboxylic acid groups (broad SMARTS) is 1. The summed E-state index contributed by atoms with van der Waals surface area (Å²) in [6.07, 6.45) is 7.90. The van der Waals surface area contributed by atoms with Crippen molar-refractivity contribution >= 4 is 5.97 Å². The summed E-state index contributed by atoms with van der Waals surface area (Å²) < 4.78 is 0. The Kier molecular flexibility index (Phi) is 2.68. The molecule has 0 saturated carbocycles. The maximum atomic E-state index is 10.3. The van der Waals surface area contributed by atoms with Gasteiger partial charge in [-0.3, -0.25) is 0 Å². The van der Waals surface area contributed by atoms with Crippen molar-refractivity contribution in [3.63, 3.8) is 0 Å². The van der Waals surface area contributed by atoms with Crippen LogP contribution in [0.2, 0.25) is 0 Å². The fraction of sp³-hybridized carbons (Fsp3) is 0. The summed E-state index contributed by atoms with van der Waals surface area (Å²) in [5.41, 5.74) is 3.03.